The topological polar surface area (TPSA) is 54.4 Å². The maximum Gasteiger partial charge on any atom is 0.143 e. The molecule has 3 heteroatoms. The SMILES string of the molecule is C=CCCCC(=O)CC(=O)CC(O)c1ccccc1. The first kappa shape index (κ1) is 15.3. The van der Waals surface area contributed by atoms with Crippen LogP contribution < -0.4 is 0 Å². The fourth-order valence-corrected chi connectivity index (χ4v) is 1.83. The molecule has 19 heavy (non-hydrogen) atoms. The van der Waals surface area contributed by atoms with Gasteiger partial charge in [-0.15, -0.1) is 6.58 Å². The second-order valence-electron chi connectivity index (χ2n) is 4.57. The van der Waals surface area contributed by atoms with Gasteiger partial charge in [0.2, 0.25) is 0 Å². The molecule has 0 radical (unpaired) electrons. The Labute approximate surface area is 114 Å². The van der Waals surface area contributed by atoms with Gasteiger partial charge in [-0.25, -0.2) is 0 Å². The van der Waals surface area contributed by atoms with Crippen molar-refractivity contribution in [3.8, 4) is 0 Å². The molecule has 0 aliphatic carbocycles. The van der Waals surface area contributed by atoms with Crippen LogP contribution >= 0.6 is 0 Å². The summed E-state index contributed by atoms with van der Waals surface area (Å²) in [6.45, 7) is 3.58. The number of aliphatic hydroxyl groups excluding tert-OH is 1. The third kappa shape index (κ3) is 6.11. The van der Waals surface area contributed by atoms with Crippen molar-refractivity contribution >= 4 is 11.6 Å². The summed E-state index contributed by atoms with van der Waals surface area (Å²) in [7, 11) is 0. The molecule has 1 aromatic carbocycles. The zero-order chi connectivity index (χ0) is 14.1. The Morgan fingerprint density at radius 1 is 1.21 bits per heavy atom. The highest BCUT2D eigenvalue weighted by Crippen LogP contribution is 2.17. The molecule has 0 aromatic heterocycles. The van der Waals surface area contributed by atoms with Gasteiger partial charge in [-0.3, -0.25) is 9.59 Å². The van der Waals surface area contributed by atoms with Crippen LogP contribution in [0.5, 0.6) is 0 Å². The van der Waals surface area contributed by atoms with Gasteiger partial charge in [0.1, 0.15) is 11.6 Å². The number of hydrogen-bond acceptors (Lipinski definition) is 3. The minimum absolute atomic E-state index is 0.00277. The second-order valence-corrected chi connectivity index (χ2v) is 4.57. The van der Waals surface area contributed by atoms with Gasteiger partial charge in [0.05, 0.1) is 12.5 Å². The number of unbranched alkanes of at least 4 members (excludes halogenated alkanes) is 1. The summed E-state index contributed by atoms with van der Waals surface area (Å²) in [4.78, 5) is 23.2. The summed E-state index contributed by atoms with van der Waals surface area (Å²) in [5, 5.41) is 9.87. The number of rotatable bonds is 9. The number of Topliss-reactive ketones (excluding diaryl/α,β-unsaturated/α-hetero) is 2. The van der Waals surface area contributed by atoms with Gasteiger partial charge in [-0.05, 0) is 18.4 Å². The van der Waals surface area contributed by atoms with Crippen molar-refractivity contribution < 1.29 is 14.7 Å². The number of carbonyl (C=O) groups excluding carboxylic acids is 2. The van der Waals surface area contributed by atoms with Gasteiger partial charge in [0.15, 0.2) is 0 Å². The standard InChI is InChI=1S/C16H20O3/c1-2-3-5-10-14(17)11-15(18)12-16(19)13-8-6-4-7-9-13/h2,4,6-9,16,19H,1,3,5,10-12H2. The van der Waals surface area contributed by atoms with E-state index in [-0.39, 0.29) is 24.4 Å². The van der Waals surface area contributed by atoms with Crippen LogP contribution in [0.15, 0.2) is 43.0 Å². The van der Waals surface area contributed by atoms with E-state index in [9.17, 15) is 14.7 Å². The third-order valence-corrected chi connectivity index (χ3v) is 2.86. The molecule has 0 aliphatic rings. The summed E-state index contributed by atoms with van der Waals surface area (Å²) in [6.07, 6.45) is 2.77. The van der Waals surface area contributed by atoms with Crippen molar-refractivity contribution in [2.24, 2.45) is 0 Å². The van der Waals surface area contributed by atoms with Crippen LogP contribution in [0.4, 0.5) is 0 Å². The molecule has 1 aromatic rings. The molecule has 0 aliphatic heterocycles. The average Bonchev–Trinajstić information content (AvgIpc) is 2.39. The molecule has 1 N–H and O–H groups in total. The molecule has 0 spiro atoms. The zero-order valence-electron chi connectivity index (χ0n) is 11.0. The van der Waals surface area contributed by atoms with E-state index >= 15 is 0 Å². The lowest BCUT2D eigenvalue weighted by atomic mass is 10.0. The van der Waals surface area contributed by atoms with Crippen molar-refractivity contribution in [2.45, 2.75) is 38.2 Å². The first-order valence-electron chi connectivity index (χ1n) is 6.50. The van der Waals surface area contributed by atoms with E-state index < -0.39 is 6.10 Å². The number of aliphatic hydroxyl groups is 1. The molecule has 1 rings (SSSR count). The predicted molar refractivity (Wildman–Crippen MR) is 74.7 cm³/mol. The monoisotopic (exact) mass is 260 g/mol. The molecule has 102 valence electrons. The van der Waals surface area contributed by atoms with Gasteiger partial charge in [-0.1, -0.05) is 36.4 Å². The van der Waals surface area contributed by atoms with Crippen LogP contribution in [0, 0.1) is 0 Å². The Morgan fingerprint density at radius 2 is 1.89 bits per heavy atom. The van der Waals surface area contributed by atoms with E-state index in [4.69, 9.17) is 0 Å². The van der Waals surface area contributed by atoms with E-state index in [1.165, 1.54) is 0 Å². The maximum absolute atomic E-state index is 11.7. The molecule has 0 saturated carbocycles. The number of ketones is 2. The molecule has 0 fully saturated rings. The molecular weight excluding hydrogens is 240 g/mol. The largest absolute Gasteiger partial charge is 0.388 e. The fourth-order valence-electron chi connectivity index (χ4n) is 1.83. The molecule has 1 unspecified atom stereocenters. The number of benzene rings is 1. The van der Waals surface area contributed by atoms with E-state index in [0.29, 0.717) is 12.0 Å². The zero-order valence-corrected chi connectivity index (χ0v) is 11.0. The Hall–Kier alpha value is -1.74. The molecule has 3 nitrogen and oxygen atoms in total. The second kappa shape index (κ2) is 8.38. The van der Waals surface area contributed by atoms with Crippen LogP contribution in [0.25, 0.3) is 0 Å². The third-order valence-electron chi connectivity index (χ3n) is 2.86. The van der Waals surface area contributed by atoms with E-state index in [1.807, 2.05) is 18.2 Å². The molecular formula is C16H20O3. The molecule has 0 saturated heterocycles. The maximum atomic E-state index is 11.7. The van der Waals surface area contributed by atoms with Gasteiger partial charge >= 0.3 is 0 Å². The van der Waals surface area contributed by atoms with E-state index in [1.54, 1.807) is 18.2 Å². The quantitative estimate of drug-likeness (QED) is 0.422. The van der Waals surface area contributed by atoms with Crippen molar-refractivity contribution in [2.75, 3.05) is 0 Å². The van der Waals surface area contributed by atoms with Crippen molar-refractivity contribution in [1.29, 1.82) is 0 Å². The van der Waals surface area contributed by atoms with Crippen LogP contribution in [0.3, 0.4) is 0 Å². The summed E-state index contributed by atoms with van der Waals surface area (Å²) in [5.74, 6) is -0.271. The normalized spacial score (nSPS) is 11.8. The van der Waals surface area contributed by atoms with Crippen molar-refractivity contribution in [3.63, 3.8) is 0 Å². The predicted octanol–water partition coefficient (Wildman–Crippen LogP) is 2.99. The lowest BCUT2D eigenvalue weighted by Gasteiger charge is -2.09. The molecule has 0 bridgehead atoms. The van der Waals surface area contributed by atoms with E-state index in [0.717, 1.165) is 12.8 Å². The smallest absolute Gasteiger partial charge is 0.143 e. The first-order chi connectivity index (χ1) is 9.13. The average molecular weight is 260 g/mol. The molecule has 1 atom stereocenters. The number of hydrogen-bond donors (Lipinski definition) is 1. The summed E-state index contributed by atoms with van der Waals surface area (Å²) in [6, 6.07) is 9.00. The Balaban J connectivity index is 2.34. The highest BCUT2D eigenvalue weighted by molar-refractivity contribution is 5.99. The lowest BCUT2D eigenvalue weighted by Crippen LogP contribution is -2.11. The Bertz CT molecular complexity index is 423. The van der Waals surface area contributed by atoms with E-state index in [2.05, 4.69) is 6.58 Å². The van der Waals surface area contributed by atoms with Gasteiger partial charge in [0, 0.05) is 12.8 Å². The summed E-state index contributed by atoms with van der Waals surface area (Å²) < 4.78 is 0. The van der Waals surface area contributed by atoms with Crippen molar-refractivity contribution in [1.82, 2.24) is 0 Å². The molecule has 0 amide bonds. The minimum Gasteiger partial charge on any atom is -0.388 e. The number of carbonyl (C=O) groups is 2. The van der Waals surface area contributed by atoms with Gasteiger partial charge in [-0.2, -0.15) is 0 Å². The van der Waals surface area contributed by atoms with Crippen LogP contribution in [0.1, 0.15) is 43.8 Å². The van der Waals surface area contributed by atoms with Crippen LogP contribution in [0.2, 0.25) is 0 Å². The number of allylic oxidation sites excluding steroid dienone is 1. The van der Waals surface area contributed by atoms with Gasteiger partial charge < -0.3 is 5.11 Å². The highest BCUT2D eigenvalue weighted by atomic mass is 16.3. The highest BCUT2D eigenvalue weighted by Gasteiger charge is 2.15. The first-order valence-corrected chi connectivity index (χ1v) is 6.50. The Kier molecular flexibility index (Phi) is 6.75. The van der Waals surface area contributed by atoms with Crippen LogP contribution in [-0.4, -0.2) is 16.7 Å². The van der Waals surface area contributed by atoms with Crippen molar-refractivity contribution in [3.05, 3.63) is 48.6 Å². The Morgan fingerprint density at radius 3 is 2.53 bits per heavy atom. The minimum atomic E-state index is -0.824. The van der Waals surface area contributed by atoms with Gasteiger partial charge in [0.25, 0.3) is 0 Å². The fraction of sp³-hybridized carbons (Fsp3) is 0.375. The summed E-state index contributed by atoms with van der Waals surface area (Å²) in [5.41, 5.74) is 0.704. The molecule has 0 heterocycles. The van der Waals surface area contributed by atoms with Crippen LogP contribution in [-0.2, 0) is 9.59 Å². The summed E-state index contributed by atoms with van der Waals surface area (Å²) >= 11 is 0. The lowest BCUT2D eigenvalue weighted by molar-refractivity contribution is -0.128.